The summed E-state index contributed by atoms with van der Waals surface area (Å²) in [6, 6.07) is 4.92. The van der Waals surface area contributed by atoms with Crippen LogP contribution in [0.15, 0.2) is 27.4 Å². The average Bonchev–Trinajstić information content (AvgIpc) is 3.04. The number of oxazole rings is 1. The zero-order valence-electron chi connectivity index (χ0n) is 15.5. The number of carbonyl (C=O) groups excluding carboxylic acids is 1. The number of aromatic amines is 1. The Hall–Kier alpha value is -3.03. The number of fused-ring (bicyclic) bond motifs is 2. The topological polar surface area (TPSA) is 96.2 Å². The maximum atomic E-state index is 12.6. The first-order valence-electron chi connectivity index (χ1n) is 9.19. The van der Waals surface area contributed by atoms with E-state index in [2.05, 4.69) is 15.5 Å². The predicted octanol–water partition coefficient (Wildman–Crippen LogP) is 2.79. The quantitative estimate of drug-likeness (QED) is 0.694. The zero-order chi connectivity index (χ0) is 19.0. The van der Waals surface area contributed by atoms with E-state index in [1.807, 2.05) is 0 Å². The van der Waals surface area contributed by atoms with Crippen LogP contribution >= 0.6 is 0 Å². The van der Waals surface area contributed by atoms with Gasteiger partial charge in [-0.25, -0.2) is 9.59 Å². The van der Waals surface area contributed by atoms with Gasteiger partial charge >= 0.3 is 11.8 Å². The van der Waals surface area contributed by atoms with Crippen molar-refractivity contribution in [1.29, 1.82) is 0 Å². The fourth-order valence-corrected chi connectivity index (χ4v) is 3.58. The number of hydrogen-bond acceptors (Lipinski definition) is 4. The van der Waals surface area contributed by atoms with Gasteiger partial charge in [-0.2, -0.15) is 5.10 Å². The molecule has 142 valence electrons. The van der Waals surface area contributed by atoms with Crippen molar-refractivity contribution in [2.24, 2.45) is 7.05 Å². The van der Waals surface area contributed by atoms with E-state index in [1.54, 1.807) is 37.2 Å². The monoisotopic (exact) mass is 369 g/mol. The van der Waals surface area contributed by atoms with Gasteiger partial charge in [0, 0.05) is 31.5 Å². The van der Waals surface area contributed by atoms with Crippen LogP contribution in [0.2, 0.25) is 0 Å². The van der Waals surface area contributed by atoms with E-state index >= 15 is 0 Å². The van der Waals surface area contributed by atoms with E-state index in [4.69, 9.17) is 4.42 Å². The summed E-state index contributed by atoms with van der Waals surface area (Å²) < 4.78 is 6.60. The number of rotatable bonds is 3. The maximum Gasteiger partial charge on any atom is 0.419 e. The number of aryl methyl sites for hydroxylation is 2. The van der Waals surface area contributed by atoms with Crippen molar-refractivity contribution < 1.29 is 9.21 Å². The number of nitrogens with one attached hydrogen (secondary N) is 2. The largest absolute Gasteiger partial charge is 0.419 e. The standard InChI is InChI=1S/C19H23N5O3/c1-23(11-15-13-6-4-3-5-7-14(13)21-22-15)18(25)20-12-8-9-16-17(10-12)27-19(26)24(16)2/h8-10H,3-7,11H2,1-2H3,(H,20,25)(H,21,22). The van der Waals surface area contributed by atoms with Crippen LogP contribution in [-0.4, -0.2) is 32.7 Å². The Morgan fingerprint density at radius 1 is 1.33 bits per heavy atom. The number of amides is 2. The van der Waals surface area contributed by atoms with Gasteiger partial charge < -0.3 is 14.6 Å². The molecule has 8 nitrogen and oxygen atoms in total. The van der Waals surface area contributed by atoms with E-state index in [0.29, 0.717) is 23.3 Å². The summed E-state index contributed by atoms with van der Waals surface area (Å²) in [5, 5.41) is 10.4. The van der Waals surface area contributed by atoms with Crippen LogP contribution < -0.4 is 11.1 Å². The third-order valence-electron chi connectivity index (χ3n) is 5.17. The van der Waals surface area contributed by atoms with Crippen LogP contribution in [0.4, 0.5) is 10.5 Å². The molecule has 0 atom stereocenters. The van der Waals surface area contributed by atoms with Crippen molar-refractivity contribution in [3.63, 3.8) is 0 Å². The van der Waals surface area contributed by atoms with Crippen LogP contribution in [0.1, 0.15) is 36.2 Å². The maximum absolute atomic E-state index is 12.6. The molecule has 3 aromatic rings. The zero-order valence-corrected chi connectivity index (χ0v) is 15.5. The Bertz CT molecular complexity index is 1050. The summed E-state index contributed by atoms with van der Waals surface area (Å²) in [6.07, 6.45) is 5.62. The minimum atomic E-state index is -0.426. The van der Waals surface area contributed by atoms with Gasteiger partial charge in [-0.1, -0.05) is 6.42 Å². The molecule has 8 heteroatoms. The van der Waals surface area contributed by atoms with Gasteiger partial charge in [0.05, 0.1) is 17.8 Å². The molecule has 0 aliphatic heterocycles. The van der Waals surface area contributed by atoms with Crippen molar-refractivity contribution in [1.82, 2.24) is 19.7 Å². The minimum absolute atomic E-state index is 0.238. The van der Waals surface area contributed by atoms with Crippen molar-refractivity contribution in [2.45, 2.75) is 38.6 Å². The van der Waals surface area contributed by atoms with Crippen molar-refractivity contribution in [3.8, 4) is 0 Å². The number of carbonyl (C=O) groups is 1. The lowest BCUT2D eigenvalue weighted by atomic mass is 10.1. The van der Waals surface area contributed by atoms with Crippen LogP contribution in [0.25, 0.3) is 11.1 Å². The number of anilines is 1. The molecule has 2 aromatic heterocycles. The first-order chi connectivity index (χ1) is 13.0. The number of nitrogens with zero attached hydrogens (tertiary/aromatic N) is 3. The Labute approximate surface area is 156 Å². The third kappa shape index (κ3) is 3.34. The molecule has 2 N–H and O–H groups in total. The van der Waals surface area contributed by atoms with Crippen molar-refractivity contribution in [2.75, 3.05) is 12.4 Å². The van der Waals surface area contributed by atoms with E-state index < -0.39 is 5.76 Å². The lowest BCUT2D eigenvalue weighted by Crippen LogP contribution is -2.31. The van der Waals surface area contributed by atoms with Gasteiger partial charge in [0.15, 0.2) is 5.58 Å². The lowest BCUT2D eigenvalue weighted by Gasteiger charge is -2.17. The molecule has 27 heavy (non-hydrogen) atoms. The molecule has 0 saturated carbocycles. The molecule has 0 fully saturated rings. The predicted molar refractivity (Wildman–Crippen MR) is 102 cm³/mol. The van der Waals surface area contributed by atoms with Crippen LogP contribution in [0.5, 0.6) is 0 Å². The van der Waals surface area contributed by atoms with Gasteiger partial charge in [0.1, 0.15) is 0 Å². The van der Waals surface area contributed by atoms with Crippen LogP contribution in [0.3, 0.4) is 0 Å². The summed E-state index contributed by atoms with van der Waals surface area (Å²) in [7, 11) is 3.39. The number of hydrogen-bond donors (Lipinski definition) is 2. The van der Waals surface area contributed by atoms with Crippen LogP contribution in [0, 0.1) is 0 Å². The normalized spacial score (nSPS) is 14.0. The van der Waals surface area contributed by atoms with Crippen molar-refractivity contribution >= 4 is 22.8 Å². The van der Waals surface area contributed by atoms with E-state index in [9.17, 15) is 9.59 Å². The second kappa shape index (κ2) is 6.94. The summed E-state index contributed by atoms with van der Waals surface area (Å²) in [6.45, 7) is 0.445. The molecule has 2 amide bonds. The molecule has 1 aromatic carbocycles. The van der Waals surface area contributed by atoms with Crippen LogP contribution in [-0.2, 0) is 26.4 Å². The van der Waals surface area contributed by atoms with Crippen molar-refractivity contribution in [3.05, 3.63) is 45.7 Å². The minimum Gasteiger partial charge on any atom is -0.408 e. The summed E-state index contributed by atoms with van der Waals surface area (Å²) in [5.74, 6) is -0.426. The Morgan fingerprint density at radius 2 is 2.15 bits per heavy atom. The number of H-pyrrole nitrogens is 1. The van der Waals surface area contributed by atoms with Gasteiger partial charge in [0.25, 0.3) is 0 Å². The second-order valence-corrected chi connectivity index (χ2v) is 7.08. The highest BCUT2D eigenvalue weighted by molar-refractivity contribution is 5.91. The molecule has 1 aliphatic rings. The summed E-state index contributed by atoms with van der Waals surface area (Å²) >= 11 is 0. The molecule has 4 rings (SSSR count). The highest BCUT2D eigenvalue weighted by Crippen LogP contribution is 2.23. The van der Waals surface area contributed by atoms with E-state index in [0.717, 1.165) is 25.0 Å². The fourth-order valence-electron chi connectivity index (χ4n) is 3.58. The Kier molecular flexibility index (Phi) is 4.47. The lowest BCUT2D eigenvalue weighted by molar-refractivity contribution is 0.220. The second-order valence-electron chi connectivity index (χ2n) is 7.08. The number of benzene rings is 1. The molecule has 0 unspecified atom stereocenters. The average molecular weight is 369 g/mol. The van der Waals surface area contributed by atoms with Gasteiger partial charge in [0.2, 0.25) is 0 Å². The Balaban J connectivity index is 1.47. The smallest absolute Gasteiger partial charge is 0.408 e. The van der Waals surface area contributed by atoms with E-state index in [-0.39, 0.29) is 6.03 Å². The molecule has 2 heterocycles. The molecule has 1 aliphatic carbocycles. The summed E-state index contributed by atoms with van der Waals surface area (Å²) in [4.78, 5) is 25.8. The first-order valence-corrected chi connectivity index (χ1v) is 9.19. The highest BCUT2D eigenvalue weighted by atomic mass is 16.4. The SMILES string of the molecule is CN(Cc1n[nH]c2c1CCCCC2)C(=O)Nc1ccc2c(c1)oc(=O)n2C. The first kappa shape index (κ1) is 17.4. The van der Waals surface area contributed by atoms with E-state index in [1.165, 1.54) is 28.7 Å². The summed E-state index contributed by atoms with van der Waals surface area (Å²) in [5.41, 5.74) is 5.12. The molecule has 0 saturated heterocycles. The molecular weight excluding hydrogens is 346 g/mol. The molecule has 0 bridgehead atoms. The van der Waals surface area contributed by atoms with Gasteiger partial charge in [-0.15, -0.1) is 0 Å². The Morgan fingerprint density at radius 3 is 3.00 bits per heavy atom. The highest BCUT2D eigenvalue weighted by Gasteiger charge is 2.19. The fraction of sp³-hybridized carbons (Fsp3) is 0.421. The number of urea groups is 1. The molecule has 0 spiro atoms. The molecule has 0 radical (unpaired) electrons. The third-order valence-corrected chi connectivity index (χ3v) is 5.17. The molecular formula is C19H23N5O3. The van der Waals surface area contributed by atoms with Gasteiger partial charge in [-0.3, -0.25) is 9.67 Å². The van der Waals surface area contributed by atoms with Gasteiger partial charge in [-0.05, 0) is 43.4 Å². The number of aromatic nitrogens is 3.